The van der Waals surface area contributed by atoms with E-state index < -0.39 is 0 Å². The molecule has 0 saturated carbocycles. The molecule has 0 unspecified atom stereocenters. The first-order chi connectivity index (χ1) is 16.0. The fraction of sp³-hybridized carbons (Fsp3) is 0.423. The number of rotatable bonds is 12. The van der Waals surface area contributed by atoms with Crippen molar-refractivity contribution in [1.82, 2.24) is 4.98 Å². The molecule has 0 atom stereocenters. The van der Waals surface area contributed by atoms with E-state index in [0.717, 1.165) is 32.1 Å². The average molecular weight is 456 g/mol. The van der Waals surface area contributed by atoms with Gasteiger partial charge in [-0.25, -0.2) is 0 Å². The van der Waals surface area contributed by atoms with Gasteiger partial charge in [0.25, 0.3) is 5.56 Å². The summed E-state index contributed by atoms with van der Waals surface area (Å²) >= 11 is 0. The fourth-order valence-corrected chi connectivity index (χ4v) is 3.62. The van der Waals surface area contributed by atoms with Crippen molar-refractivity contribution in [2.45, 2.75) is 52.4 Å². The van der Waals surface area contributed by atoms with Gasteiger partial charge >= 0.3 is 0 Å². The van der Waals surface area contributed by atoms with Gasteiger partial charge in [0.15, 0.2) is 17.2 Å². The molecule has 0 bridgehead atoms. The summed E-state index contributed by atoms with van der Waals surface area (Å²) in [6.07, 6.45) is 5.37. The van der Waals surface area contributed by atoms with Gasteiger partial charge in [-0.15, -0.1) is 0 Å². The van der Waals surface area contributed by atoms with E-state index in [2.05, 4.69) is 18.8 Å². The molecular formula is C26H33NO6. The van der Waals surface area contributed by atoms with Gasteiger partial charge in [-0.1, -0.05) is 33.1 Å². The highest BCUT2D eigenvalue weighted by Gasteiger charge is 2.18. The molecule has 2 aromatic carbocycles. The molecule has 0 fully saturated rings. The Morgan fingerprint density at radius 2 is 1.64 bits per heavy atom. The van der Waals surface area contributed by atoms with Crippen molar-refractivity contribution in [3.63, 3.8) is 0 Å². The smallest absolute Gasteiger partial charge is 0.255 e. The number of aromatic nitrogens is 1. The minimum Gasteiger partial charge on any atom is -0.507 e. The predicted molar refractivity (Wildman–Crippen MR) is 129 cm³/mol. The van der Waals surface area contributed by atoms with Crippen LogP contribution in [0.4, 0.5) is 0 Å². The van der Waals surface area contributed by atoms with Crippen LogP contribution in [-0.4, -0.2) is 30.9 Å². The Kier molecular flexibility index (Phi) is 8.46. The first-order valence-corrected chi connectivity index (χ1v) is 11.5. The van der Waals surface area contributed by atoms with Gasteiger partial charge in [-0.05, 0) is 37.5 Å². The van der Waals surface area contributed by atoms with Gasteiger partial charge in [-0.2, -0.15) is 0 Å². The van der Waals surface area contributed by atoms with Gasteiger partial charge in [0.2, 0.25) is 0 Å². The lowest BCUT2D eigenvalue weighted by Gasteiger charge is -2.16. The van der Waals surface area contributed by atoms with Crippen LogP contribution in [0.2, 0.25) is 0 Å². The summed E-state index contributed by atoms with van der Waals surface area (Å²) in [5.74, 6) is 2.42. The highest BCUT2D eigenvalue weighted by Crippen LogP contribution is 2.40. The topological polar surface area (TPSA) is 90.0 Å². The number of pyridine rings is 1. The number of benzene rings is 2. The highest BCUT2D eigenvalue weighted by molar-refractivity contribution is 5.92. The molecule has 178 valence electrons. The zero-order chi connectivity index (χ0) is 23.8. The molecule has 0 saturated heterocycles. The molecule has 3 aromatic rings. The van der Waals surface area contributed by atoms with Crippen molar-refractivity contribution in [3.05, 3.63) is 46.2 Å². The van der Waals surface area contributed by atoms with Crippen molar-refractivity contribution < 1.29 is 24.1 Å². The molecule has 0 amide bonds. The van der Waals surface area contributed by atoms with E-state index >= 15 is 0 Å². The average Bonchev–Trinajstić information content (AvgIpc) is 2.82. The van der Waals surface area contributed by atoms with Gasteiger partial charge in [0, 0.05) is 17.5 Å². The summed E-state index contributed by atoms with van der Waals surface area (Å²) < 4.78 is 22.8. The van der Waals surface area contributed by atoms with Crippen molar-refractivity contribution in [3.8, 4) is 34.5 Å². The quantitative estimate of drug-likeness (QED) is 0.328. The number of fused-ring (bicyclic) bond motifs is 1. The van der Waals surface area contributed by atoms with E-state index in [1.54, 1.807) is 38.5 Å². The molecule has 7 nitrogen and oxygen atoms in total. The fourth-order valence-electron chi connectivity index (χ4n) is 3.62. The molecule has 0 spiro atoms. The summed E-state index contributed by atoms with van der Waals surface area (Å²) in [5.41, 5.74) is 0.446. The molecule has 33 heavy (non-hydrogen) atoms. The molecule has 3 rings (SSSR count). The maximum Gasteiger partial charge on any atom is 0.255 e. The molecule has 1 aromatic heterocycles. The second-order valence-corrected chi connectivity index (χ2v) is 7.90. The van der Waals surface area contributed by atoms with Crippen molar-refractivity contribution in [1.29, 1.82) is 0 Å². The summed E-state index contributed by atoms with van der Waals surface area (Å²) in [7, 11) is 3.09. The SMILES string of the molecule is CCCCCc1c(O)c2cc(OC)cc(Oc3ccc(OCCCC)cc3OC)c2[nH]c1=O. The molecule has 1 heterocycles. The number of ether oxygens (including phenoxy) is 4. The summed E-state index contributed by atoms with van der Waals surface area (Å²) in [6, 6.07) is 8.68. The maximum atomic E-state index is 12.8. The number of nitrogens with one attached hydrogen (secondary N) is 1. The van der Waals surface area contributed by atoms with Crippen LogP contribution in [0.1, 0.15) is 51.5 Å². The van der Waals surface area contributed by atoms with E-state index in [9.17, 15) is 9.90 Å². The Hall–Kier alpha value is -3.35. The lowest BCUT2D eigenvalue weighted by atomic mass is 10.0. The first kappa shape index (κ1) is 24.3. The molecular weight excluding hydrogens is 422 g/mol. The summed E-state index contributed by atoms with van der Waals surface area (Å²) in [4.78, 5) is 15.6. The van der Waals surface area contributed by atoms with Crippen LogP contribution in [-0.2, 0) is 6.42 Å². The lowest BCUT2D eigenvalue weighted by Crippen LogP contribution is -2.13. The Morgan fingerprint density at radius 3 is 2.33 bits per heavy atom. The zero-order valence-electron chi connectivity index (χ0n) is 19.8. The minimum atomic E-state index is -0.322. The molecule has 0 aliphatic rings. The van der Waals surface area contributed by atoms with E-state index in [1.807, 2.05) is 6.07 Å². The Labute approximate surface area is 194 Å². The second-order valence-electron chi connectivity index (χ2n) is 7.90. The van der Waals surface area contributed by atoms with Gasteiger partial charge < -0.3 is 29.0 Å². The number of unbranched alkanes of at least 4 members (excludes halogenated alkanes) is 3. The highest BCUT2D eigenvalue weighted by atomic mass is 16.5. The minimum absolute atomic E-state index is 0.0414. The number of hydrogen-bond acceptors (Lipinski definition) is 6. The normalized spacial score (nSPS) is 10.9. The van der Waals surface area contributed by atoms with Crippen molar-refractivity contribution in [2.75, 3.05) is 20.8 Å². The largest absolute Gasteiger partial charge is 0.507 e. The zero-order valence-corrected chi connectivity index (χ0v) is 19.8. The third kappa shape index (κ3) is 5.72. The molecule has 0 aliphatic carbocycles. The van der Waals surface area contributed by atoms with Crippen LogP contribution in [0.25, 0.3) is 10.9 Å². The molecule has 0 aliphatic heterocycles. The van der Waals surface area contributed by atoms with E-state index in [1.165, 1.54) is 0 Å². The van der Waals surface area contributed by atoms with Gasteiger partial charge in [0.05, 0.1) is 31.9 Å². The molecule has 7 heteroatoms. The maximum absolute atomic E-state index is 12.8. The third-order valence-electron chi connectivity index (χ3n) is 5.52. The number of aromatic hydroxyl groups is 1. The van der Waals surface area contributed by atoms with Crippen LogP contribution >= 0.6 is 0 Å². The van der Waals surface area contributed by atoms with Crippen LogP contribution in [0.5, 0.6) is 34.5 Å². The lowest BCUT2D eigenvalue weighted by molar-refractivity contribution is 0.305. The number of hydrogen-bond donors (Lipinski definition) is 2. The summed E-state index contributed by atoms with van der Waals surface area (Å²) in [6.45, 7) is 4.83. The standard InChI is InChI=1S/C26H33NO6/c1-5-7-9-10-19-25(28)20-14-18(30-3)16-23(24(20)27-26(19)29)33-21-12-11-17(15-22(21)31-4)32-13-8-6-2/h11-12,14-16H,5-10,13H2,1-4H3,(H2,27,28,29). The van der Waals surface area contributed by atoms with Crippen LogP contribution < -0.4 is 24.5 Å². The van der Waals surface area contributed by atoms with Gasteiger partial charge in [-0.3, -0.25) is 4.79 Å². The Balaban J connectivity index is 2.01. The van der Waals surface area contributed by atoms with Crippen LogP contribution in [0.15, 0.2) is 35.1 Å². The Bertz CT molecular complexity index is 1140. The van der Waals surface area contributed by atoms with E-state index in [0.29, 0.717) is 58.2 Å². The monoisotopic (exact) mass is 455 g/mol. The van der Waals surface area contributed by atoms with E-state index in [4.69, 9.17) is 18.9 Å². The third-order valence-corrected chi connectivity index (χ3v) is 5.52. The molecule has 0 radical (unpaired) electrons. The summed E-state index contributed by atoms with van der Waals surface area (Å²) in [5, 5.41) is 11.4. The van der Waals surface area contributed by atoms with E-state index in [-0.39, 0.29) is 11.3 Å². The van der Waals surface area contributed by atoms with Crippen LogP contribution in [0, 0.1) is 0 Å². The van der Waals surface area contributed by atoms with Crippen molar-refractivity contribution in [2.24, 2.45) is 0 Å². The van der Waals surface area contributed by atoms with Gasteiger partial charge in [0.1, 0.15) is 17.2 Å². The number of methoxy groups -OCH3 is 2. The first-order valence-electron chi connectivity index (χ1n) is 11.5. The number of H-pyrrole nitrogens is 1. The second kappa shape index (κ2) is 11.5. The molecule has 2 N–H and O–H groups in total. The van der Waals surface area contributed by atoms with Crippen LogP contribution in [0.3, 0.4) is 0 Å². The number of aromatic amines is 1. The Morgan fingerprint density at radius 1 is 0.879 bits per heavy atom. The predicted octanol–water partition coefficient (Wildman–Crippen LogP) is 5.95. The van der Waals surface area contributed by atoms with Crippen molar-refractivity contribution >= 4 is 10.9 Å².